The zero-order chi connectivity index (χ0) is 74.6. The van der Waals surface area contributed by atoms with Crippen LogP contribution < -0.4 is 0 Å². The zero-order valence-corrected chi connectivity index (χ0v) is 64.5. The largest absolute Gasteiger partial charge is 0.472 e. The van der Waals surface area contributed by atoms with Crippen molar-refractivity contribution < 1.29 is 80.2 Å². The molecule has 0 rings (SSSR count). The first-order valence-corrected chi connectivity index (χ1v) is 41.0. The Labute approximate surface area is 615 Å². The Kier molecular flexibility index (Phi) is 69.3. The van der Waals surface area contributed by atoms with Crippen LogP contribution in [0.25, 0.3) is 0 Å². The zero-order valence-electron chi connectivity index (χ0n) is 62.7. The Morgan fingerprint density at radius 3 is 0.892 bits per heavy atom. The highest BCUT2D eigenvalue weighted by atomic mass is 31.2. The number of carbonyl (C=O) groups is 4. The second kappa shape index (κ2) is 73.5. The second-order valence-electron chi connectivity index (χ2n) is 24.4. The van der Waals surface area contributed by atoms with Crippen molar-refractivity contribution >= 4 is 39.5 Å². The molecule has 0 aliphatic rings. The van der Waals surface area contributed by atoms with Gasteiger partial charge in [0.25, 0.3) is 0 Å². The Morgan fingerprint density at radius 1 is 0.284 bits per heavy atom. The van der Waals surface area contributed by atoms with Crippen LogP contribution in [0.3, 0.4) is 0 Å². The van der Waals surface area contributed by atoms with Crippen molar-refractivity contribution in [2.45, 2.75) is 277 Å². The lowest BCUT2D eigenvalue weighted by Gasteiger charge is -2.21. The van der Waals surface area contributed by atoms with E-state index in [2.05, 4.69) is 180 Å². The average molecular weight is 1460 g/mol. The maximum absolute atomic E-state index is 13.1. The summed E-state index contributed by atoms with van der Waals surface area (Å²) in [6, 6.07) is 0. The van der Waals surface area contributed by atoms with E-state index >= 15 is 0 Å². The maximum Gasteiger partial charge on any atom is 0.472 e. The minimum absolute atomic E-state index is 0.00701. The van der Waals surface area contributed by atoms with Crippen LogP contribution in [0.4, 0.5) is 0 Å². The van der Waals surface area contributed by atoms with Gasteiger partial charge in [-0.3, -0.25) is 37.3 Å². The van der Waals surface area contributed by atoms with Gasteiger partial charge in [0.05, 0.1) is 26.4 Å². The third-order valence-electron chi connectivity index (χ3n) is 14.9. The fourth-order valence-corrected chi connectivity index (χ4v) is 10.7. The summed E-state index contributed by atoms with van der Waals surface area (Å²) in [6.45, 7) is 4.27. The summed E-state index contributed by atoms with van der Waals surface area (Å²) in [5.41, 5.74) is 0. The van der Waals surface area contributed by atoms with E-state index in [1.165, 1.54) is 12.8 Å². The normalized spacial score (nSPS) is 14.9. The number of phosphoric ester groups is 2. The van der Waals surface area contributed by atoms with Gasteiger partial charge >= 0.3 is 39.5 Å². The summed E-state index contributed by atoms with van der Waals surface area (Å²) in [4.78, 5) is 72.8. The molecule has 0 heterocycles. The summed E-state index contributed by atoms with van der Waals surface area (Å²) in [5, 5.41) is 10.6. The predicted molar refractivity (Wildman–Crippen MR) is 417 cm³/mol. The number of unbranched alkanes of at least 4 members (excludes halogenated alkanes) is 13. The molecular weight excluding hydrogens is 1330 g/mol. The third kappa shape index (κ3) is 72.5. The molecule has 0 saturated heterocycles. The highest BCUT2D eigenvalue weighted by Crippen LogP contribution is 2.45. The van der Waals surface area contributed by atoms with Crippen molar-refractivity contribution in [3.05, 3.63) is 182 Å². The van der Waals surface area contributed by atoms with E-state index in [0.717, 1.165) is 154 Å². The van der Waals surface area contributed by atoms with Crippen LogP contribution in [0, 0.1) is 0 Å². The van der Waals surface area contributed by atoms with Crippen LogP contribution in [0.15, 0.2) is 182 Å². The highest BCUT2D eigenvalue weighted by Gasteiger charge is 2.30. The number of ether oxygens (including phenoxy) is 4. The third-order valence-corrected chi connectivity index (χ3v) is 16.8. The minimum atomic E-state index is -5.02. The molecule has 0 aromatic carbocycles. The molecule has 0 fully saturated rings. The molecule has 102 heavy (non-hydrogen) atoms. The second-order valence-corrected chi connectivity index (χ2v) is 27.3. The predicted octanol–water partition coefficient (Wildman–Crippen LogP) is 22.0. The van der Waals surface area contributed by atoms with Gasteiger partial charge in [0.1, 0.15) is 19.3 Å². The van der Waals surface area contributed by atoms with Crippen LogP contribution in [0.5, 0.6) is 0 Å². The van der Waals surface area contributed by atoms with Gasteiger partial charge in [-0.25, -0.2) is 9.13 Å². The van der Waals surface area contributed by atoms with Crippen LogP contribution in [0.2, 0.25) is 0 Å². The smallest absolute Gasteiger partial charge is 0.462 e. The lowest BCUT2D eigenvalue weighted by molar-refractivity contribution is -0.161. The van der Waals surface area contributed by atoms with E-state index < -0.39 is 97.5 Å². The van der Waals surface area contributed by atoms with Crippen molar-refractivity contribution in [1.29, 1.82) is 0 Å². The van der Waals surface area contributed by atoms with E-state index in [1.54, 1.807) is 0 Å². The molecule has 0 spiro atoms. The summed E-state index contributed by atoms with van der Waals surface area (Å²) in [6.07, 6.45) is 87.7. The molecule has 19 heteroatoms. The number of esters is 4. The molecule has 0 aliphatic carbocycles. The van der Waals surface area contributed by atoms with E-state index in [4.69, 9.17) is 37.0 Å². The number of aliphatic hydroxyl groups is 1. The summed E-state index contributed by atoms with van der Waals surface area (Å²) in [5.74, 6) is -2.39. The molecule has 0 bridgehead atoms. The van der Waals surface area contributed by atoms with Crippen molar-refractivity contribution in [1.82, 2.24) is 0 Å². The Hall–Kier alpha value is -5.84. The molecule has 5 atom stereocenters. The maximum atomic E-state index is 13.1. The average Bonchev–Trinajstić information content (AvgIpc) is 0.921. The van der Waals surface area contributed by atoms with Gasteiger partial charge in [0.2, 0.25) is 0 Å². The number of hydrogen-bond acceptors (Lipinski definition) is 15. The number of carbonyl (C=O) groups excluding carboxylic acids is 4. The van der Waals surface area contributed by atoms with Crippen LogP contribution >= 0.6 is 15.6 Å². The number of phosphoric acid groups is 2. The highest BCUT2D eigenvalue weighted by molar-refractivity contribution is 7.47. The van der Waals surface area contributed by atoms with Crippen molar-refractivity contribution in [2.75, 3.05) is 39.6 Å². The molecule has 3 N–H and O–H groups in total. The molecule has 5 unspecified atom stereocenters. The lowest BCUT2D eigenvalue weighted by Crippen LogP contribution is -2.30. The lowest BCUT2D eigenvalue weighted by atomic mass is 10.1. The Morgan fingerprint density at radius 2 is 0.539 bits per heavy atom. The SMILES string of the molecule is CC/C=C\C/C=C\C/C=C\C/C=C\C/C=C\C/C=C\CCC(=O)OCC(COP(=O)(O)OCC(O)COP(=O)(O)OCC(COC(=O)CCCCCCC/C=C\C/C=C\C/C=C\CC)OC(=O)CCCCCCC/C=C\CCCC)OC(=O)CCC/C=C\C/C=C\C/C=C\C/C=C\C/C=C\CC. The van der Waals surface area contributed by atoms with Crippen molar-refractivity contribution in [3.8, 4) is 0 Å². The van der Waals surface area contributed by atoms with E-state index in [9.17, 15) is 43.2 Å². The quantitative estimate of drug-likeness (QED) is 0.0169. The number of allylic oxidation sites excluding steroid dienone is 30. The van der Waals surface area contributed by atoms with E-state index in [1.807, 2.05) is 30.4 Å². The summed E-state index contributed by atoms with van der Waals surface area (Å²) < 4.78 is 68.3. The van der Waals surface area contributed by atoms with Gasteiger partial charge < -0.3 is 33.8 Å². The van der Waals surface area contributed by atoms with Gasteiger partial charge in [0.15, 0.2) is 12.2 Å². The van der Waals surface area contributed by atoms with Crippen molar-refractivity contribution in [3.63, 3.8) is 0 Å². The minimum Gasteiger partial charge on any atom is -0.462 e. The molecule has 0 radical (unpaired) electrons. The summed E-state index contributed by atoms with van der Waals surface area (Å²) >= 11 is 0. The number of hydrogen-bond donors (Lipinski definition) is 3. The van der Waals surface area contributed by atoms with Gasteiger partial charge in [-0.15, -0.1) is 0 Å². The first-order chi connectivity index (χ1) is 49.7. The van der Waals surface area contributed by atoms with Crippen LogP contribution in [-0.2, 0) is 65.4 Å². The molecule has 17 nitrogen and oxygen atoms in total. The van der Waals surface area contributed by atoms with E-state index in [-0.39, 0.29) is 25.7 Å². The molecule has 576 valence electrons. The van der Waals surface area contributed by atoms with E-state index in [0.29, 0.717) is 38.5 Å². The summed E-state index contributed by atoms with van der Waals surface area (Å²) in [7, 11) is -10.0. The monoisotopic (exact) mass is 1460 g/mol. The standard InChI is InChI=1S/C83H132O17P2/c1-5-9-13-17-21-25-29-32-35-37-38-40-42-45-49-52-56-60-64-68-81(86)94-74-79(100-83(88)70-66-62-58-54-50-46-43-39-36-33-30-26-22-18-14-10-6-2)76-98-102(91,92)96-72-77(84)71-95-101(89,90)97-75-78(99-82(87)69-65-61-57-53-47-28-24-20-16-12-8-4)73-93-80(85)67-63-59-55-51-48-44-41-34-31-27-23-19-15-11-7-3/h9-11,13-15,20-27,32-36,38,40-41,43,45-46,49,54,56,58,60,77-79,84H,5-8,12,16-19,28-31,37,39,42,44,47-48,50-53,55,57,59,61-76H2,1-4H3,(H,89,90)(H,91,92)/b13-9-,14-10-,15-11-,24-20-,25-21-,26-22-,27-23-,35-32-,36-33-,40-38-,41-34-,46-43-,49-45-,58-54-,60-56-. The van der Waals surface area contributed by atoms with Gasteiger partial charge in [-0.1, -0.05) is 261 Å². The molecule has 0 aromatic heterocycles. The fourth-order valence-electron chi connectivity index (χ4n) is 9.16. The topological polar surface area (TPSA) is 237 Å². The Balaban J connectivity index is 5.50. The first kappa shape index (κ1) is 96.2. The molecule has 0 aliphatic heterocycles. The van der Waals surface area contributed by atoms with Gasteiger partial charge in [0, 0.05) is 25.7 Å². The molecule has 0 aromatic rings. The van der Waals surface area contributed by atoms with Crippen LogP contribution in [0.1, 0.15) is 259 Å². The number of rotatable bonds is 69. The van der Waals surface area contributed by atoms with Crippen molar-refractivity contribution in [2.24, 2.45) is 0 Å². The van der Waals surface area contributed by atoms with Gasteiger partial charge in [-0.2, -0.15) is 0 Å². The van der Waals surface area contributed by atoms with Crippen LogP contribution in [-0.4, -0.2) is 96.7 Å². The molecular formula is C83H132O17P2. The van der Waals surface area contributed by atoms with Gasteiger partial charge in [-0.05, 0) is 154 Å². The molecule has 0 amide bonds. The fraction of sp³-hybridized carbons (Fsp3) is 0.590. The molecule has 0 saturated carbocycles. The number of aliphatic hydroxyl groups excluding tert-OH is 1. The first-order valence-electron chi connectivity index (χ1n) is 38.0. The Bertz CT molecular complexity index is 2650.